The molecule has 3 aromatic carbocycles. The van der Waals surface area contributed by atoms with Gasteiger partial charge in [-0.1, -0.05) is 29.3 Å². The monoisotopic (exact) mass is 519 g/mol. The molecule has 0 atom stereocenters. The van der Waals surface area contributed by atoms with Crippen LogP contribution in [0.2, 0.25) is 10.0 Å². The minimum atomic E-state index is -0.189. The minimum Gasteiger partial charge on any atom is -0.505 e. The van der Waals surface area contributed by atoms with Gasteiger partial charge in [-0.05, 0) is 59.7 Å². The van der Waals surface area contributed by atoms with Gasteiger partial charge in [-0.15, -0.1) is 0 Å². The van der Waals surface area contributed by atoms with Crippen LogP contribution in [0.1, 0.15) is 5.56 Å². The molecule has 3 heterocycles. The Morgan fingerprint density at radius 3 is 2.31 bits per heavy atom. The standard InChI is InChI=1S/C27H23Cl2N5O2/c28-22-12-17(13-23(29)26(22)35)16-1-6-24-21(11-16)25-18(14-31-24)15-32-27(36)34(25)20-4-2-19(3-5-20)33-9-7-30-8-10-33/h1-6,11-14,30,35H,7-10,15H2,(H,32,36). The number of piperazine rings is 1. The van der Waals surface area contributed by atoms with E-state index in [0.29, 0.717) is 6.54 Å². The van der Waals surface area contributed by atoms with Crippen molar-refractivity contribution in [2.45, 2.75) is 6.54 Å². The molecule has 0 bridgehead atoms. The molecule has 1 aromatic heterocycles. The number of nitrogens with one attached hydrogen (secondary N) is 2. The third kappa shape index (κ3) is 3.99. The summed E-state index contributed by atoms with van der Waals surface area (Å²) in [7, 11) is 0. The Bertz CT molecular complexity index is 1460. The molecule has 36 heavy (non-hydrogen) atoms. The molecule has 6 rings (SSSR count). The van der Waals surface area contributed by atoms with E-state index in [1.54, 1.807) is 17.0 Å². The predicted molar refractivity (Wildman–Crippen MR) is 145 cm³/mol. The Hall–Kier alpha value is -3.52. The molecule has 3 N–H and O–H groups in total. The number of nitrogens with zero attached hydrogens (tertiary/aromatic N) is 3. The van der Waals surface area contributed by atoms with E-state index in [-0.39, 0.29) is 21.8 Å². The van der Waals surface area contributed by atoms with Gasteiger partial charge in [0.1, 0.15) is 0 Å². The number of benzene rings is 3. The van der Waals surface area contributed by atoms with Crippen molar-refractivity contribution in [2.75, 3.05) is 36.0 Å². The topological polar surface area (TPSA) is 80.7 Å². The number of hydrogen-bond acceptors (Lipinski definition) is 5. The van der Waals surface area contributed by atoms with Gasteiger partial charge in [-0.25, -0.2) is 4.79 Å². The first-order chi connectivity index (χ1) is 17.5. The van der Waals surface area contributed by atoms with E-state index in [1.165, 1.54) is 0 Å². The summed E-state index contributed by atoms with van der Waals surface area (Å²) in [5, 5.41) is 17.5. The highest BCUT2D eigenvalue weighted by Gasteiger charge is 2.28. The van der Waals surface area contributed by atoms with E-state index in [2.05, 4.69) is 32.7 Å². The number of fused-ring (bicyclic) bond motifs is 3. The molecule has 0 aliphatic carbocycles. The molecule has 4 aromatic rings. The highest BCUT2D eigenvalue weighted by molar-refractivity contribution is 6.37. The average molecular weight is 520 g/mol. The number of amides is 2. The van der Waals surface area contributed by atoms with Crippen LogP contribution in [0.3, 0.4) is 0 Å². The molecular weight excluding hydrogens is 497 g/mol. The molecule has 182 valence electrons. The number of rotatable bonds is 3. The quantitative estimate of drug-likeness (QED) is 0.324. The molecule has 0 radical (unpaired) electrons. The van der Waals surface area contributed by atoms with E-state index >= 15 is 0 Å². The number of phenols is 1. The van der Waals surface area contributed by atoms with Crippen LogP contribution in [-0.2, 0) is 6.54 Å². The molecular formula is C27H23Cl2N5O2. The molecule has 1 fully saturated rings. The van der Waals surface area contributed by atoms with Crippen LogP contribution in [0.4, 0.5) is 21.9 Å². The van der Waals surface area contributed by atoms with Gasteiger partial charge in [0.2, 0.25) is 0 Å². The maximum atomic E-state index is 13.2. The van der Waals surface area contributed by atoms with E-state index in [4.69, 9.17) is 23.2 Å². The van der Waals surface area contributed by atoms with Crippen LogP contribution in [0.5, 0.6) is 5.75 Å². The van der Waals surface area contributed by atoms with Gasteiger partial charge in [0.15, 0.2) is 5.75 Å². The first-order valence-corrected chi connectivity index (χ1v) is 12.5. The molecule has 0 spiro atoms. The zero-order valence-corrected chi connectivity index (χ0v) is 20.8. The number of hydrogen-bond donors (Lipinski definition) is 3. The molecule has 2 aliphatic heterocycles. The molecule has 0 saturated carbocycles. The fraction of sp³-hybridized carbons (Fsp3) is 0.185. The number of phenolic OH excluding ortho intramolecular Hbond substituents is 1. The first kappa shape index (κ1) is 22.9. The maximum Gasteiger partial charge on any atom is 0.326 e. The van der Waals surface area contributed by atoms with Gasteiger partial charge in [0, 0.05) is 55.6 Å². The smallest absolute Gasteiger partial charge is 0.326 e. The summed E-state index contributed by atoms with van der Waals surface area (Å²) >= 11 is 12.4. The fourth-order valence-electron chi connectivity index (χ4n) is 4.86. The lowest BCUT2D eigenvalue weighted by molar-refractivity contribution is 0.247. The summed E-state index contributed by atoms with van der Waals surface area (Å²) < 4.78 is 0. The molecule has 7 nitrogen and oxygen atoms in total. The number of aromatic hydroxyl groups is 1. The van der Waals surface area contributed by atoms with Gasteiger partial charge >= 0.3 is 6.03 Å². The van der Waals surface area contributed by atoms with E-state index in [1.807, 2.05) is 36.5 Å². The van der Waals surface area contributed by atoms with Crippen LogP contribution in [-0.4, -0.2) is 42.3 Å². The molecule has 0 unspecified atom stereocenters. The third-order valence-corrected chi connectivity index (χ3v) is 7.29. The second-order valence-corrected chi connectivity index (χ2v) is 9.71. The maximum absolute atomic E-state index is 13.2. The van der Waals surface area contributed by atoms with Crippen molar-refractivity contribution in [3.05, 3.63) is 76.4 Å². The van der Waals surface area contributed by atoms with Crippen molar-refractivity contribution < 1.29 is 9.90 Å². The van der Waals surface area contributed by atoms with Crippen molar-refractivity contribution in [3.63, 3.8) is 0 Å². The summed E-state index contributed by atoms with van der Waals surface area (Å²) in [6.45, 7) is 4.23. The van der Waals surface area contributed by atoms with E-state index in [9.17, 15) is 9.90 Å². The second kappa shape index (κ2) is 9.17. The van der Waals surface area contributed by atoms with E-state index < -0.39 is 0 Å². The summed E-state index contributed by atoms with van der Waals surface area (Å²) in [5.41, 5.74) is 6.02. The van der Waals surface area contributed by atoms with Crippen LogP contribution in [0.25, 0.3) is 22.0 Å². The molecule has 2 amide bonds. The Morgan fingerprint density at radius 2 is 1.58 bits per heavy atom. The van der Waals surface area contributed by atoms with Crippen molar-refractivity contribution in [2.24, 2.45) is 0 Å². The average Bonchev–Trinajstić information content (AvgIpc) is 2.91. The number of carbonyl (C=O) groups is 1. The zero-order chi connectivity index (χ0) is 24.8. The highest BCUT2D eigenvalue weighted by atomic mass is 35.5. The fourth-order valence-corrected chi connectivity index (χ4v) is 5.35. The number of pyridine rings is 1. The van der Waals surface area contributed by atoms with Gasteiger partial charge < -0.3 is 20.6 Å². The van der Waals surface area contributed by atoms with Crippen molar-refractivity contribution in [1.29, 1.82) is 0 Å². The Balaban J connectivity index is 1.46. The van der Waals surface area contributed by atoms with Crippen LogP contribution in [0, 0.1) is 0 Å². The predicted octanol–water partition coefficient (Wildman–Crippen LogP) is 5.69. The Kier molecular flexibility index (Phi) is 5.84. The number of aromatic nitrogens is 1. The molecule has 1 saturated heterocycles. The van der Waals surface area contributed by atoms with Crippen LogP contribution >= 0.6 is 23.2 Å². The normalized spacial score (nSPS) is 15.7. The highest BCUT2D eigenvalue weighted by Crippen LogP contribution is 2.41. The number of carbonyl (C=O) groups excluding carboxylic acids is 1. The minimum absolute atomic E-state index is 0.144. The lowest BCUT2D eigenvalue weighted by atomic mass is 9.99. The number of halogens is 2. The Labute approximate surface area is 218 Å². The Morgan fingerprint density at radius 1 is 0.889 bits per heavy atom. The summed E-state index contributed by atoms with van der Waals surface area (Å²) in [4.78, 5) is 21.9. The van der Waals surface area contributed by atoms with Crippen molar-refractivity contribution in [3.8, 4) is 16.9 Å². The first-order valence-electron chi connectivity index (χ1n) is 11.7. The summed E-state index contributed by atoms with van der Waals surface area (Å²) in [5.74, 6) is -0.144. The number of urea groups is 1. The van der Waals surface area contributed by atoms with Crippen LogP contribution in [0.15, 0.2) is 60.8 Å². The van der Waals surface area contributed by atoms with Gasteiger partial charge in [0.25, 0.3) is 0 Å². The SMILES string of the molecule is O=C1NCc2cnc3ccc(-c4cc(Cl)c(O)c(Cl)c4)cc3c2N1c1ccc(N2CCNCC2)cc1. The molecule has 9 heteroatoms. The number of anilines is 3. The van der Waals surface area contributed by atoms with Crippen LogP contribution < -0.4 is 20.4 Å². The summed E-state index contributed by atoms with van der Waals surface area (Å²) in [6, 6.07) is 17.1. The summed E-state index contributed by atoms with van der Waals surface area (Å²) in [6.07, 6.45) is 1.81. The zero-order valence-electron chi connectivity index (χ0n) is 19.3. The van der Waals surface area contributed by atoms with Crippen molar-refractivity contribution >= 4 is 57.2 Å². The largest absolute Gasteiger partial charge is 0.505 e. The van der Waals surface area contributed by atoms with Gasteiger partial charge in [-0.2, -0.15) is 0 Å². The van der Waals surface area contributed by atoms with Gasteiger partial charge in [-0.3, -0.25) is 9.88 Å². The second-order valence-electron chi connectivity index (χ2n) is 8.90. The van der Waals surface area contributed by atoms with Crippen molar-refractivity contribution in [1.82, 2.24) is 15.6 Å². The third-order valence-electron chi connectivity index (χ3n) is 6.71. The lowest BCUT2D eigenvalue weighted by Gasteiger charge is -2.32. The van der Waals surface area contributed by atoms with Gasteiger partial charge in [0.05, 0.1) is 26.9 Å². The lowest BCUT2D eigenvalue weighted by Crippen LogP contribution is -2.43. The molecule has 2 aliphatic rings. The van der Waals surface area contributed by atoms with E-state index in [0.717, 1.165) is 70.8 Å².